The lowest BCUT2D eigenvalue weighted by molar-refractivity contribution is -0.162. The summed E-state index contributed by atoms with van der Waals surface area (Å²) >= 11 is 0. The van der Waals surface area contributed by atoms with Gasteiger partial charge in [-0.3, -0.25) is 0 Å². The third-order valence-corrected chi connectivity index (χ3v) is 4.09. The minimum Gasteiger partial charge on any atom is -0.353 e. The van der Waals surface area contributed by atoms with E-state index in [1.54, 1.807) is 0 Å². The summed E-state index contributed by atoms with van der Waals surface area (Å²) in [6.45, 7) is 1.63. The number of hydrogen-bond acceptors (Lipinski definition) is 2. The molecular weight excluding hydrogens is 272 g/mol. The van der Waals surface area contributed by atoms with E-state index in [9.17, 15) is 0 Å². The van der Waals surface area contributed by atoms with E-state index in [0.717, 1.165) is 32.5 Å². The van der Waals surface area contributed by atoms with Crippen LogP contribution in [-0.4, -0.2) is 19.5 Å². The van der Waals surface area contributed by atoms with Crippen molar-refractivity contribution in [2.24, 2.45) is 0 Å². The lowest BCUT2D eigenvalue weighted by Gasteiger charge is -2.22. The normalized spacial score (nSPS) is 18.3. The predicted molar refractivity (Wildman–Crippen MR) is 89.7 cm³/mol. The minimum absolute atomic E-state index is 0.0319. The number of rotatable bonds is 6. The van der Waals surface area contributed by atoms with Crippen molar-refractivity contribution >= 4 is 0 Å². The first-order valence-electron chi connectivity index (χ1n) is 8.29. The summed E-state index contributed by atoms with van der Waals surface area (Å²) in [5, 5.41) is 0. The van der Waals surface area contributed by atoms with Crippen LogP contribution in [0, 0.1) is 0 Å². The van der Waals surface area contributed by atoms with Gasteiger partial charge in [-0.2, -0.15) is 0 Å². The number of ether oxygens (including phenoxy) is 2. The van der Waals surface area contributed by atoms with E-state index in [4.69, 9.17) is 9.47 Å². The van der Waals surface area contributed by atoms with Crippen LogP contribution in [0.15, 0.2) is 54.6 Å². The molecule has 0 N–H and O–H groups in total. The SMILES string of the molecule is c1ccc(-c2cccc(CCCOC3CCCCO3)c2)cc1. The highest BCUT2D eigenvalue weighted by Gasteiger charge is 2.13. The first-order valence-corrected chi connectivity index (χ1v) is 8.29. The van der Waals surface area contributed by atoms with Crippen LogP contribution in [0.4, 0.5) is 0 Å². The standard InChI is InChI=1S/C20H24O2/c1-2-10-18(11-3-1)19-12-6-8-17(16-19)9-7-15-22-20-13-4-5-14-21-20/h1-3,6,8,10-12,16,20H,4-5,7,9,13-15H2. The zero-order chi connectivity index (χ0) is 15.0. The van der Waals surface area contributed by atoms with Gasteiger partial charge in [0.15, 0.2) is 6.29 Å². The van der Waals surface area contributed by atoms with Crippen molar-refractivity contribution in [2.75, 3.05) is 13.2 Å². The molecule has 0 amide bonds. The Hall–Kier alpha value is -1.64. The lowest BCUT2D eigenvalue weighted by Crippen LogP contribution is -2.22. The summed E-state index contributed by atoms with van der Waals surface area (Å²) in [6, 6.07) is 19.3. The molecule has 1 heterocycles. The molecule has 1 atom stereocenters. The second kappa shape index (κ2) is 8.11. The highest BCUT2D eigenvalue weighted by Crippen LogP contribution is 2.21. The molecule has 0 aliphatic carbocycles. The highest BCUT2D eigenvalue weighted by molar-refractivity contribution is 5.63. The van der Waals surface area contributed by atoms with E-state index in [2.05, 4.69) is 54.6 Å². The fraction of sp³-hybridized carbons (Fsp3) is 0.400. The maximum Gasteiger partial charge on any atom is 0.157 e. The summed E-state index contributed by atoms with van der Waals surface area (Å²) < 4.78 is 11.4. The summed E-state index contributed by atoms with van der Waals surface area (Å²) in [4.78, 5) is 0. The summed E-state index contributed by atoms with van der Waals surface area (Å²) in [6.07, 6.45) is 5.56. The van der Waals surface area contributed by atoms with Crippen LogP contribution in [0.3, 0.4) is 0 Å². The Bertz CT molecular complexity index is 559. The molecule has 0 saturated carbocycles. The van der Waals surface area contributed by atoms with Gasteiger partial charge in [0.1, 0.15) is 0 Å². The number of aryl methyl sites for hydroxylation is 1. The van der Waals surface area contributed by atoms with Gasteiger partial charge in [-0.25, -0.2) is 0 Å². The van der Waals surface area contributed by atoms with Crippen molar-refractivity contribution in [3.8, 4) is 11.1 Å². The van der Waals surface area contributed by atoms with Crippen LogP contribution in [0.25, 0.3) is 11.1 Å². The van der Waals surface area contributed by atoms with Crippen LogP contribution in [0.5, 0.6) is 0 Å². The Kier molecular flexibility index (Phi) is 5.63. The smallest absolute Gasteiger partial charge is 0.157 e. The fourth-order valence-electron chi connectivity index (χ4n) is 2.87. The van der Waals surface area contributed by atoms with E-state index < -0.39 is 0 Å². The molecule has 2 nitrogen and oxygen atoms in total. The minimum atomic E-state index is 0.0319. The van der Waals surface area contributed by atoms with Gasteiger partial charge < -0.3 is 9.47 Å². The van der Waals surface area contributed by atoms with Crippen molar-refractivity contribution in [3.05, 3.63) is 60.2 Å². The predicted octanol–water partition coefficient (Wildman–Crippen LogP) is 4.83. The molecule has 0 radical (unpaired) electrons. The average Bonchev–Trinajstić information content (AvgIpc) is 2.61. The van der Waals surface area contributed by atoms with Gasteiger partial charge in [0.05, 0.1) is 6.61 Å². The molecule has 0 bridgehead atoms. The van der Waals surface area contributed by atoms with E-state index in [1.807, 2.05) is 0 Å². The van der Waals surface area contributed by atoms with E-state index in [1.165, 1.54) is 29.5 Å². The third-order valence-electron chi connectivity index (χ3n) is 4.09. The quantitative estimate of drug-likeness (QED) is 0.711. The summed E-state index contributed by atoms with van der Waals surface area (Å²) in [5.74, 6) is 0. The molecule has 1 unspecified atom stereocenters. The number of hydrogen-bond donors (Lipinski definition) is 0. The molecule has 0 spiro atoms. The largest absolute Gasteiger partial charge is 0.353 e. The van der Waals surface area contributed by atoms with Crippen molar-refractivity contribution in [1.82, 2.24) is 0 Å². The number of benzene rings is 2. The molecule has 1 fully saturated rings. The summed E-state index contributed by atoms with van der Waals surface area (Å²) in [5.41, 5.74) is 3.93. The second-order valence-corrected chi connectivity index (χ2v) is 5.84. The Morgan fingerprint density at radius 3 is 2.64 bits per heavy atom. The first-order chi connectivity index (χ1) is 10.9. The van der Waals surface area contributed by atoms with Gasteiger partial charge in [-0.05, 0) is 48.8 Å². The Morgan fingerprint density at radius 1 is 0.955 bits per heavy atom. The van der Waals surface area contributed by atoms with Gasteiger partial charge in [0.25, 0.3) is 0 Å². The Balaban J connectivity index is 1.48. The first kappa shape index (κ1) is 15.3. The Labute approximate surface area is 133 Å². The molecule has 2 heteroatoms. The fourth-order valence-corrected chi connectivity index (χ4v) is 2.87. The summed E-state index contributed by atoms with van der Waals surface area (Å²) in [7, 11) is 0. The van der Waals surface area contributed by atoms with Gasteiger partial charge in [0.2, 0.25) is 0 Å². The van der Waals surface area contributed by atoms with E-state index in [0.29, 0.717) is 0 Å². The second-order valence-electron chi connectivity index (χ2n) is 5.84. The van der Waals surface area contributed by atoms with Crippen LogP contribution in [0.2, 0.25) is 0 Å². The molecule has 3 rings (SSSR count). The van der Waals surface area contributed by atoms with Crippen molar-refractivity contribution in [1.29, 1.82) is 0 Å². The zero-order valence-corrected chi connectivity index (χ0v) is 13.0. The zero-order valence-electron chi connectivity index (χ0n) is 13.0. The monoisotopic (exact) mass is 296 g/mol. The van der Waals surface area contributed by atoms with Crippen molar-refractivity contribution in [3.63, 3.8) is 0 Å². The lowest BCUT2D eigenvalue weighted by atomic mass is 10.0. The molecular formula is C20H24O2. The highest BCUT2D eigenvalue weighted by atomic mass is 16.7. The Morgan fingerprint density at radius 2 is 1.82 bits per heavy atom. The van der Waals surface area contributed by atoms with Crippen LogP contribution in [-0.2, 0) is 15.9 Å². The van der Waals surface area contributed by atoms with Gasteiger partial charge >= 0.3 is 0 Å². The van der Waals surface area contributed by atoms with E-state index in [-0.39, 0.29) is 6.29 Å². The van der Waals surface area contributed by atoms with Gasteiger partial charge in [-0.15, -0.1) is 0 Å². The molecule has 116 valence electrons. The van der Waals surface area contributed by atoms with Crippen LogP contribution >= 0.6 is 0 Å². The van der Waals surface area contributed by atoms with Crippen LogP contribution < -0.4 is 0 Å². The third kappa shape index (κ3) is 4.43. The topological polar surface area (TPSA) is 18.5 Å². The van der Waals surface area contributed by atoms with E-state index >= 15 is 0 Å². The molecule has 1 aliphatic heterocycles. The molecule has 1 aliphatic rings. The average molecular weight is 296 g/mol. The maximum atomic E-state index is 5.80. The van der Waals surface area contributed by atoms with Crippen molar-refractivity contribution < 1.29 is 9.47 Å². The maximum absolute atomic E-state index is 5.80. The molecule has 0 aromatic heterocycles. The van der Waals surface area contributed by atoms with Gasteiger partial charge in [-0.1, -0.05) is 54.6 Å². The van der Waals surface area contributed by atoms with Crippen LogP contribution in [0.1, 0.15) is 31.2 Å². The molecule has 22 heavy (non-hydrogen) atoms. The molecule has 2 aromatic rings. The van der Waals surface area contributed by atoms with Crippen molar-refractivity contribution in [2.45, 2.75) is 38.4 Å². The van der Waals surface area contributed by atoms with Gasteiger partial charge in [0, 0.05) is 6.61 Å². The molecule has 2 aromatic carbocycles. The molecule has 1 saturated heterocycles.